The van der Waals surface area contributed by atoms with Gasteiger partial charge in [-0.15, -0.1) is 0 Å². The van der Waals surface area contributed by atoms with Gasteiger partial charge in [-0.25, -0.2) is 4.98 Å². The van der Waals surface area contributed by atoms with E-state index in [0.717, 1.165) is 10.3 Å². The van der Waals surface area contributed by atoms with Gasteiger partial charge in [0.15, 0.2) is 0 Å². The molecule has 1 aliphatic rings. The molecule has 2 aromatic rings. The van der Waals surface area contributed by atoms with Crippen molar-refractivity contribution < 1.29 is 14.4 Å². The maximum absolute atomic E-state index is 10.7. The molecule has 0 saturated carbocycles. The third-order valence-corrected chi connectivity index (χ3v) is 3.39. The molecule has 9 heteroatoms. The van der Waals surface area contributed by atoms with E-state index in [0.29, 0.717) is 19.8 Å². The topological polar surface area (TPSA) is 92.3 Å². The Labute approximate surface area is 128 Å². The van der Waals surface area contributed by atoms with Crippen LogP contribution in [0.3, 0.4) is 0 Å². The van der Waals surface area contributed by atoms with E-state index in [2.05, 4.69) is 25.9 Å². The molecule has 3 rings (SSSR count). The van der Waals surface area contributed by atoms with Crippen molar-refractivity contribution in [3.05, 3.63) is 44.8 Å². The number of aromatic nitrogens is 3. The number of fused-ring (bicyclic) bond motifs is 1. The molecule has 0 aromatic carbocycles. The SMILES string of the molecule is O=[N+]([O-])c1cn2c(n1)OC[C@@H](OCc1cccc(Br)n1)C2. The van der Waals surface area contributed by atoms with Gasteiger partial charge in [-0.1, -0.05) is 6.07 Å². The average molecular weight is 355 g/mol. The highest BCUT2D eigenvalue weighted by Crippen LogP contribution is 2.22. The number of nitrogens with zero attached hydrogens (tertiary/aromatic N) is 4. The molecule has 1 aliphatic heterocycles. The van der Waals surface area contributed by atoms with Gasteiger partial charge >= 0.3 is 11.8 Å². The first-order valence-electron chi connectivity index (χ1n) is 6.19. The molecular weight excluding hydrogens is 344 g/mol. The number of halogens is 1. The van der Waals surface area contributed by atoms with Crippen LogP contribution in [0.25, 0.3) is 0 Å². The van der Waals surface area contributed by atoms with Gasteiger partial charge in [-0.3, -0.25) is 4.57 Å². The van der Waals surface area contributed by atoms with E-state index in [9.17, 15) is 10.1 Å². The summed E-state index contributed by atoms with van der Waals surface area (Å²) in [5.74, 6) is -0.223. The van der Waals surface area contributed by atoms with E-state index in [4.69, 9.17) is 9.47 Å². The Morgan fingerprint density at radius 2 is 2.38 bits per heavy atom. The van der Waals surface area contributed by atoms with Crippen LogP contribution >= 0.6 is 15.9 Å². The zero-order chi connectivity index (χ0) is 14.8. The highest BCUT2D eigenvalue weighted by atomic mass is 79.9. The normalized spacial score (nSPS) is 17.1. The van der Waals surface area contributed by atoms with E-state index in [1.54, 1.807) is 4.57 Å². The van der Waals surface area contributed by atoms with Gasteiger partial charge in [0.25, 0.3) is 0 Å². The molecular formula is C12H11BrN4O4. The van der Waals surface area contributed by atoms with Gasteiger partial charge < -0.3 is 19.6 Å². The second-order valence-electron chi connectivity index (χ2n) is 4.49. The van der Waals surface area contributed by atoms with Crippen molar-refractivity contribution in [1.82, 2.24) is 14.5 Å². The first-order valence-corrected chi connectivity index (χ1v) is 6.98. The summed E-state index contributed by atoms with van der Waals surface area (Å²) >= 11 is 3.30. The molecule has 0 bridgehead atoms. The molecule has 0 saturated heterocycles. The van der Waals surface area contributed by atoms with Crippen molar-refractivity contribution in [2.24, 2.45) is 0 Å². The van der Waals surface area contributed by atoms with Crippen LogP contribution < -0.4 is 4.74 Å². The molecule has 2 aromatic heterocycles. The number of nitro groups is 1. The number of rotatable bonds is 4. The quantitative estimate of drug-likeness (QED) is 0.473. The van der Waals surface area contributed by atoms with Gasteiger partial charge in [-0.05, 0) is 33.0 Å². The molecule has 0 N–H and O–H groups in total. The van der Waals surface area contributed by atoms with Gasteiger partial charge in [-0.2, -0.15) is 0 Å². The molecule has 0 fully saturated rings. The lowest BCUT2D eigenvalue weighted by Gasteiger charge is -2.22. The lowest BCUT2D eigenvalue weighted by atomic mass is 10.3. The zero-order valence-corrected chi connectivity index (χ0v) is 12.4. The number of pyridine rings is 1. The summed E-state index contributed by atoms with van der Waals surface area (Å²) in [4.78, 5) is 18.2. The number of hydrogen-bond acceptors (Lipinski definition) is 6. The Morgan fingerprint density at radius 3 is 3.14 bits per heavy atom. The fourth-order valence-corrected chi connectivity index (χ4v) is 2.37. The summed E-state index contributed by atoms with van der Waals surface area (Å²) in [6.07, 6.45) is 1.15. The molecule has 8 nitrogen and oxygen atoms in total. The standard InChI is InChI=1S/C12H11BrN4O4/c13-10-3-1-2-8(14-10)6-20-9-4-16-5-11(17(18)19)15-12(16)21-7-9/h1-3,5,9H,4,6-7H2/t9-/m0/s1. The van der Waals surface area contributed by atoms with Crippen molar-refractivity contribution in [2.45, 2.75) is 19.3 Å². The monoisotopic (exact) mass is 354 g/mol. The molecule has 0 radical (unpaired) electrons. The largest absolute Gasteiger partial charge is 0.443 e. The van der Waals surface area contributed by atoms with Crippen LogP contribution in [-0.2, 0) is 17.9 Å². The van der Waals surface area contributed by atoms with Crippen molar-refractivity contribution >= 4 is 21.7 Å². The van der Waals surface area contributed by atoms with Crippen molar-refractivity contribution in [1.29, 1.82) is 0 Å². The van der Waals surface area contributed by atoms with Gasteiger partial charge in [0, 0.05) is 4.98 Å². The fourth-order valence-electron chi connectivity index (χ4n) is 1.99. The second kappa shape index (κ2) is 5.78. The Kier molecular flexibility index (Phi) is 3.84. The minimum Gasteiger partial charge on any atom is -0.443 e. The molecule has 3 heterocycles. The smallest absolute Gasteiger partial charge is 0.414 e. The van der Waals surface area contributed by atoms with Crippen LogP contribution in [0, 0.1) is 10.1 Å². The van der Waals surface area contributed by atoms with Crippen LogP contribution in [0.2, 0.25) is 0 Å². The lowest BCUT2D eigenvalue weighted by Crippen LogP contribution is -2.32. The number of ether oxygens (including phenoxy) is 2. The van der Waals surface area contributed by atoms with Gasteiger partial charge in [0.2, 0.25) is 0 Å². The van der Waals surface area contributed by atoms with Crippen molar-refractivity contribution in [3.8, 4) is 6.01 Å². The van der Waals surface area contributed by atoms with Gasteiger partial charge in [0.1, 0.15) is 23.5 Å². The summed E-state index contributed by atoms with van der Waals surface area (Å²) in [5.41, 5.74) is 0.798. The summed E-state index contributed by atoms with van der Waals surface area (Å²) < 4.78 is 13.4. The molecule has 0 aliphatic carbocycles. The first-order chi connectivity index (χ1) is 10.1. The van der Waals surface area contributed by atoms with E-state index in [-0.39, 0.29) is 17.9 Å². The molecule has 21 heavy (non-hydrogen) atoms. The van der Waals surface area contributed by atoms with Crippen molar-refractivity contribution in [2.75, 3.05) is 6.61 Å². The third kappa shape index (κ3) is 3.19. The molecule has 110 valence electrons. The Bertz CT molecular complexity index is 675. The Balaban J connectivity index is 1.62. The predicted octanol–water partition coefficient (Wildman–Crippen LogP) is 1.93. The Hall–Kier alpha value is -2.00. The van der Waals surface area contributed by atoms with Crippen molar-refractivity contribution in [3.63, 3.8) is 0 Å². The minimum absolute atomic E-state index is 0.202. The molecule has 1 atom stereocenters. The van der Waals surface area contributed by atoms with Crippen LogP contribution in [-0.4, -0.2) is 32.2 Å². The van der Waals surface area contributed by atoms with E-state index in [1.165, 1.54) is 6.20 Å². The highest BCUT2D eigenvalue weighted by molar-refractivity contribution is 9.10. The maximum atomic E-state index is 10.7. The highest BCUT2D eigenvalue weighted by Gasteiger charge is 2.28. The van der Waals surface area contributed by atoms with E-state index in [1.807, 2.05) is 18.2 Å². The molecule has 0 spiro atoms. The third-order valence-electron chi connectivity index (χ3n) is 2.95. The predicted molar refractivity (Wildman–Crippen MR) is 74.9 cm³/mol. The van der Waals surface area contributed by atoms with Crippen LogP contribution in [0.15, 0.2) is 29.0 Å². The fraction of sp³-hybridized carbons (Fsp3) is 0.333. The van der Waals surface area contributed by atoms with Crippen LogP contribution in [0.4, 0.5) is 5.82 Å². The number of hydrogen-bond donors (Lipinski definition) is 0. The average Bonchev–Trinajstić information content (AvgIpc) is 2.88. The lowest BCUT2D eigenvalue weighted by molar-refractivity contribution is -0.389. The maximum Gasteiger partial charge on any atom is 0.414 e. The molecule has 0 unspecified atom stereocenters. The van der Waals surface area contributed by atoms with E-state index >= 15 is 0 Å². The molecule has 0 amide bonds. The van der Waals surface area contributed by atoms with Gasteiger partial charge in [0.05, 0.1) is 18.8 Å². The minimum atomic E-state index is -0.546. The van der Waals surface area contributed by atoms with Crippen LogP contribution in [0.5, 0.6) is 6.01 Å². The number of imidazole rings is 1. The second-order valence-corrected chi connectivity index (χ2v) is 5.30. The zero-order valence-electron chi connectivity index (χ0n) is 10.8. The summed E-state index contributed by atoms with van der Waals surface area (Å²) in [6.45, 7) is 1.12. The summed E-state index contributed by atoms with van der Waals surface area (Å²) in [5, 5.41) is 10.7. The Morgan fingerprint density at radius 1 is 1.52 bits per heavy atom. The summed E-state index contributed by atoms with van der Waals surface area (Å²) in [7, 11) is 0. The summed E-state index contributed by atoms with van der Waals surface area (Å²) in [6, 6.07) is 5.83. The van der Waals surface area contributed by atoms with Crippen LogP contribution in [0.1, 0.15) is 5.69 Å². The first kappa shape index (κ1) is 14.0. The van der Waals surface area contributed by atoms with E-state index < -0.39 is 4.92 Å².